The lowest BCUT2D eigenvalue weighted by Crippen LogP contribution is -2.18. The van der Waals surface area contributed by atoms with E-state index < -0.39 is 4.92 Å². The Balaban J connectivity index is 2.10. The largest absolute Gasteiger partial charge is 0.508 e. The molecule has 0 bridgehead atoms. The average Bonchev–Trinajstić information content (AvgIpc) is 2.43. The molecule has 1 atom stereocenters. The van der Waals surface area contributed by atoms with E-state index in [-0.39, 0.29) is 17.5 Å². The van der Waals surface area contributed by atoms with Crippen molar-refractivity contribution in [3.63, 3.8) is 0 Å². The minimum Gasteiger partial charge on any atom is -0.508 e. The van der Waals surface area contributed by atoms with E-state index in [0.29, 0.717) is 5.69 Å². The van der Waals surface area contributed by atoms with Gasteiger partial charge in [-0.2, -0.15) is 0 Å². The zero-order valence-corrected chi connectivity index (χ0v) is 13.0. The Hall–Kier alpha value is -2.08. The summed E-state index contributed by atoms with van der Waals surface area (Å²) in [5, 5.41) is 23.5. The normalized spacial score (nSPS) is 11.9. The standard InChI is InChI=1S/C15H15BrN2O3/c1-10(8-11-2-4-12(16)5-3-11)17-14-7-6-13(19)9-15(14)18(20)21/h2-7,9-10,17,19H,8H2,1H3. The zero-order chi connectivity index (χ0) is 15.4. The number of anilines is 1. The summed E-state index contributed by atoms with van der Waals surface area (Å²) in [6.07, 6.45) is 0.741. The minimum absolute atomic E-state index is 0.0226. The molecule has 0 aliphatic heterocycles. The number of hydrogen-bond donors (Lipinski definition) is 2. The fraction of sp³-hybridized carbons (Fsp3) is 0.200. The van der Waals surface area contributed by atoms with Gasteiger partial charge in [0.2, 0.25) is 0 Å². The highest BCUT2D eigenvalue weighted by molar-refractivity contribution is 9.10. The van der Waals surface area contributed by atoms with Crippen LogP contribution >= 0.6 is 15.9 Å². The number of benzene rings is 2. The Kier molecular flexibility index (Phi) is 4.80. The molecular formula is C15H15BrN2O3. The summed E-state index contributed by atoms with van der Waals surface area (Å²) in [5.41, 5.74) is 1.42. The second-order valence-electron chi connectivity index (χ2n) is 4.83. The van der Waals surface area contributed by atoms with Crippen molar-refractivity contribution >= 4 is 27.3 Å². The molecule has 0 amide bonds. The van der Waals surface area contributed by atoms with Gasteiger partial charge in [0.25, 0.3) is 5.69 Å². The summed E-state index contributed by atoms with van der Waals surface area (Å²) in [4.78, 5) is 10.5. The van der Waals surface area contributed by atoms with Crippen molar-refractivity contribution in [2.45, 2.75) is 19.4 Å². The van der Waals surface area contributed by atoms with Crippen LogP contribution in [0.25, 0.3) is 0 Å². The lowest BCUT2D eigenvalue weighted by atomic mass is 10.1. The number of nitrogens with one attached hydrogen (secondary N) is 1. The number of nitro benzene ring substituents is 1. The van der Waals surface area contributed by atoms with Crippen LogP contribution in [-0.2, 0) is 6.42 Å². The molecule has 2 rings (SSSR count). The van der Waals surface area contributed by atoms with E-state index in [1.807, 2.05) is 31.2 Å². The van der Waals surface area contributed by atoms with Gasteiger partial charge in [-0.3, -0.25) is 10.1 Å². The van der Waals surface area contributed by atoms with Crippen molar-refractivity contribution in [1.82, 2.24) is 0 Å². The second kappa shape index (κ2) is 6.58. The number of rotatable bonds is 5. The lowest BCUT2D eigenvalue weighted by molar-refractivity contribution is -0.384. The number of nitro groups is 1. The van der Waals surface area contributed by atoms with E-state index in [1.54, 1.807) is 0 Å². The van der Waals surface area contributed by atoms with E-state index in [9.17, 15) is 15.2 Å². The fourth-order valence-corrected chi connectivity index (χ4v) is 2.35. The van der Waals surface area contributed by atoms with Crippen molar-refractivity contribution in [2.24, 2.45) is 0 Å². The molecule has 0 aromatic heterocycles. The van der Waals surface area contributed by atoms with Crippen LogP contribution in [0.2, 0.25) is 0 Å². The van der Waals surface area contributed by atoms with Crippen LogP contribution < -0.4 is 5.32 Å². The van der Waals surface area contributed by atoms with Crippen LogP contribution in [-0.4, -0.2) is 16.1 Å². The quantitative estimate of drug-likeness (QED) is 0.483. The van der Waals surface area contributed by atoms with Gasteiger partial charge in [0.15, 0.2) is 0 Å². The van der Waals surface area contributed by atoms with E-state index >= 15 is 0 Å². The second-order valence-corrected chi connectivity index (χ2v) is 5.75. The molecule has 21 heavy (non-hydrogen) atoms. The maximum absolute atomic E-state index is 11.0. The summed E-state index contributed by atoms with van der Waals surface area (Å²) in [6, 6.07) is 12.1. The van der Waals surface area contributed by atoms with E-state index in [0.717, 1.165) is 22.5 Å². The van der Waals surface area contributed by atoms with Crippen LogP contribution in [0.4, 0.5) is 11.4 Å². The predicted octanol–water partition coefficient (Wildman–Crippen LogP) is 4.11. The maximum atomic E-state index is 11.0. The van der Waals surface area contributed by atoms with Gasteiger partial charge >= 0.3 is 0 Å². The van der Waals surface area contributed by atoms with Crippen LogP contribution in [0.1, 0.15) is 12.5 Å². The van der Waals surface area contributed by atoms with Crippen molar-refractivity contribution < 1.29 is 10.0 Å². The molecule has 0 radical (unpaired) electrons. The number of aromatic hydroxyl groups is 1. The fourth-order valence-electron chi connectivity index (χ4n) is 2.08. The third-order valence-corrected chi connectivity index (χ3v) is 3.56. The molecule has 6 heteroatoms. The van der Waals surface area contributed by atoms with Crippen LogP contribution in [0.15, 0.2) is 46.9 Å². The molecule has 0 aliphatic rings. The minimum atomic E-state index is -0.506. The number of hydrogen-bond acceptors (Lipinski definition) is 4. The summed E-state index contributed by atoms with van der Waals surface area (Å²) in [5.74, 6) is -0.118. The average molecular weight is 351 g/mol. The highest BCUT2D eigenvalue weighted by Crippen LogP contribution is 2.29. The smallest absolute Gasteiger partial charge is 0.296 e. The molecule has 5 nitrogen and oxygen atoms in total. The van der Waals surface area contributed by atoms with Gasteiger partial charge in [0, 0.05) is 10.5 Å². The molecule has 0 aliphatic carbocycles. The molecule has 2 aromatic rings. The summed E-state index contributed by atoms with van der Waals surface area (Å²) in [6.45, 7) is 1.96. The van der Waals surface area contributed by atoms with Gasteiger partial charge in [-0.25, -0.2) is 0 Å². The van der Waals surface area contributed by atoms with Crippen LogP contribution in [0.3, 0.4) is 0 Å². The van der Waals surface area contributed by atoms with E-state index in [1.165, 1.54) is 12.1 Å². The third-order valence-electron chi connectivity index (χ3n) is 3.04. The number of nitrogens with zero attached hydrogens (tertiary/aromatic N) is 1. The zero-order valence-electron chi connectivity index (χ0n) is 11.4. The molecular weight excluding hydrogens is 336 g/mol. The first-order valence-corrected chi connectivity index (χ1v) is 7.23. The van der Waals surface area contributed by atoms with Crippen LogP contribution in [0, 0.1) is 10.1 Å². The van der Waals surface area contributed by atoms with Crippen LogP contribution in [0.5, 0.6) is 5.75 Å². The number of halogens is 1. The van der Waals surface area contributed by atoms with Crippen molar-refractivity contribution in [2.75, 3.05) is 5.32 Å². The van der Waals surface area contributed by atoms with Gasteiger partial charge in [0.05, 0.1) is 11.0 Å². The van der Waals surface area contributed by atoms with Crippen molar-refractivity contribution in [3.05, 3.63) is 62.6 Å². The first-order valence-electron chi connectivity index (χ1n) is 6.44. The Bertz CT molecular complexity index is 644. The summed E-state index contributed by atoms with van der Waals surface area (Å²) in [7, 11) is 0. The molecule has 0 heterocycles. The summed E-state index contributed by atoms with van der Waals surface area (Å²) >= 11 is 3.38. The molecule has 0 fully saturated rings. The molecule has 2 aromatic carbocycles. The Morgan fingerprint density at radius 2 is 1.95 bits per heavy atom. The molecule has 0 saturated carbocycles. The van der Waals surface area contributed by atoms with Gasteiger partial charge in [-0.1, -0.05) is 28.1 Å². The Morgan fingerprint density at radius 1 is 1.29 bits per heavy atom. The van der Waals surface area contributed by atoms with Gasteiger partial charge in [-0.15, -0.1) is 0 Å². The van der Waals surface area contributed by atoms with Crippen molar-refractivity contribution in [1.29, 1.82) is 0 Å². The molecule has 0 saturated heterocycles. The number of phenolic OH excluding ortho intramolecular Hbond substituents is 1. The first-order chi connectivity index (χ1) is 9.95. The maximum Gasteiger partial charge on any atom is 0.296 e. The van der Waals surface area contributed by atoms with Gasteiger partial charge in [0.1, 0.15) is 11.4 Å². The molecule has 0 spiro atoms. The first kappa shape index (κ1) is 15.3. The summed E-state index contributed by atoms with van der Waals surface area (Å²) < 4.78 is 1.01. The van der Waals surface area contributed by atoms with Crippen molar-refractivity contribution in [3.8, 4) is 5.75 Å². The monoisotopic (exact) mass is 350 g/mol. The predicted molar refractivity (Wildman–Crippen MR) is 85.7 cm³/mol. The third kappa shape index (κ3) is 4.19. The molecule has 2 N–H and O–H groups in total. The SMILES string of the molecule is CC(Cc1ccc(Br)cc1)Nc1ccc(O)cc1[N+](=O)[O-]. The van der Waals surface area contributed by atoms with Gasteiger partial charge < -0.3 is 10.4 Å². The topological polar surface area (TPSA) is 75.4 Å². The number of phenols is 1. The Labute approximate surface area is 130 Å². The van der Waals surface area contributed by atoms with E-state index in [4.69, 9.17) is 0 Å². The lowest BCUT2D eigenvalue weighted by Gasteiger charge is -2.15. The highest BCUT2D eigenvalue weighted by Gasteiger charge is 2.16. The molecule has 110 valence electrons. The highest BCUT2D eigenvalue weighted by atomic mass is 79.9. The molecule has 1 unspecified atom stereocenters. The van der Waals surface area contributed by atoms with Gasteiger partial charge in [-0.05, 0) is 43.2 Å². The van der Waals surface area contributed by atoms with E-state index in [2.05, 4.69) is 21.2 Å². The Morgan fingerprint density at radius 3 is 2.57 bits per heavy atom.